The van der Waals surface area contributed by atoms with Crippen LogP contribution in [0.5, 0.6) is 0 Å². The van der Waals surface area contributed by atoms with Crippen LogP contribution in [0, 0.1) is 11.3 Å². The molecule has 1 aromatic heterocycles. The van der Waals surface area contributed by atoms with Gasteiger partial charge in [-0.3, -0.25) is 0 Å². The maximum absolute atomic E-state index is 9.36. The van der Waals surface area contributed by atoms with Crippen molar-refractivity contribution in [2.45, 2.75) is 14.8 Å². The first-order valence-electron chi connectivity index (χ1n) is 6.14. The molecular weight excluding hydrogens is 284 g/mol. The number of benzene rings is 2. The van der Waals surface area contributed by atoms with Gasteiger partial charge in [-0.2, -0.15) is 5.26 Å². The van der Waals surface area contributed by atoms with Gasteiger partial charge in [-0.25, -0.2) is 0 Å². The number of para-hydroxylation sites is 1. The number of nitriles is 1. The molecular formula is C16H12N2S2. The van der Waals surface area contributed by atoms with E-state index in [2.05, 4.69) is 29.3 Å². The Balaban J connectivity index is 2.01. The van der Waals surface area contributed by atoms with E-state index < -0.39 is 0 Å². The maximum atomic E-state index is 9.36. The number of hydrogen-bond donors (Lipinski definition) is 1. The van der Waals surface area contributed by atoms with Gasteiger partial charge in [0, 0.05) is 20.7 Å². The largest absolute Gasteiger partial charge is 0.349 e. The Bertz CT molecular complexity index is 767. The molecule has 0 saturated carbocycles. The van der Waals surface area contributed by atoms with Crippen LogP contribution in [-0.2, 0) is 0 Å². The number of aromatic nitrogens is 1. The van der Waals surface area contributed by atoms with Crippen LogP contribution in [0.25, 0.3) is 10.9 Å². The van der Waals surface area contributed by atoms with Crippen molar-refractivity contribution in [3.05, 3.63) is 54.1 Å². The minimum absolute atomic E-state index is 0.753. The molecule has 0 radical (unpaired) electrons. The molecule has 98 valence electrons. The lowest BCUT2D eigenvalue weighted by molar-refractivity contribution is 1.21. The van der Waals surface area contributed by atoms with Crippen LogP contribution in [0.1, 0.15) is 5.56 Å². The molecule has 0 aliphatic carbocycles. The zero-order chi connectivity index (χ0) is 13.9. The van der Waals surface area contributed by atoms with Crippen LogP contribution in [-0.4, -0.2) is 11.2 Å². The predicted molar refractivity (Wildman–Crippen MR) is 85.4 cm³/mol. The van der Waals surface area contributed by atoms with Gasteiger partial charge >= 0.3 is 0 Å². The van der Waals surface area contributed by atoms with Gasteiger partial charge in [0.25, 0.3) is 0 Å². The van der Waals surface area contributed by atoms with Gasteiger partial charge in [-0.05, 0) is 30.5 Å². The first-order chi connectivity index (χ1) is 9.81. The van der Waals surface area contributed by atoms with Crippen molar-refractivity contribution < 1.29 is 0 Å². The smallest absolute Gasteiger partial charge is 0.102 e. The number of aromatic amines is 1. The Morgan fingerprint density at radius 2 is 1.85 bits per heavy atom. The Morgan fingerprint density at radius 1 is 1.05 bits per heavy atom. The molecule has 0 saturated heterocycles. The average molecular weight is 296 g/mol. The maximum Gasteiger partial charge on any atom is 0.102 e. The Kier molecular flexibility index (Phi) is 3.72. The lowest BCUT2D eigenvalue weighted by atomic mass is 10.2. The van der Waals surface area contributed by atoms with Crippen molar-refractivity contribution in [3.63, 3.8) is 0 Å². The molecule has 0 unspecified atom stereocenters. The second-order valence-corrected chi connectivity index (χ2v) is 6.20. The van der Waals surface area contributed by atoms with Gasteiger partial charge in [-0.15, -0.1) is 11.8 Å². The van der Waals surface area contributed by atoms with Crippen molar-refractivity contribution in [3.8, 4) is 6.07 Å². The fourth-order valence-electron chi connectivity index (χ4n) is 2.10. The fourth-order valence-corrected chi connectivity index (χ4v) is 3.72. The molecule has 0 bridgehead atoms. The average Bonchev–Trinajstić information content (AvgIpc) is 2.89. The molecule has 1 heterocycles. The number of nitrogens with zero attached hydrogens (tertiary/aromatic N) is 1. The molecule has 3 aromatic rings. The quantitative estimate of drug-likeness (QED) is 0.698. The van der Waals surface area contributed by atoms with Crippen molar-refractivity contribution >= 4 is 34.4 Å². The van der Waals surface area contributed by atoms with Crippen LogP contribution >= 0.6 is 23.5 Å². The SMILES string of the molecule is CSc1cccc(Sc2cc3ccccc3[nH]2)c1C#N. The molecule has 3 rings (SSSR count). The van der Waals surface area contributed by atoms with E-state index >= 15 is 0 Å². The van der Waals surface area contributed by atoms with E-state index in [1.165, 1.54) is 5.39 Å². The van der Waals surface area contributed by atoms with E-state index in [0.717, 1.165) is 25.9 Å². The second-order valence-electron chi connectivity index (χ2n) is 4.27. The van der Waals surface area contributed by atoms with Crippen molar-refractivity contribution in [1.29, 1.82) is 5.26 Å². The summed E-state index contributed by atoms with van der Waals surface area (Å²) in [4.78, 5) is 5.39. The molecule has 0 spiro atoms. The number of hydrogen-bond acceptors (Lipinski definition) is 3. The van der Waals surface area contributed by atoms with Crippen LogP contribution in [0.4, 0.5) is 0 Å². The highest BCUT2D eigenvalue weighted by molar-refractivity contribution is 7.99. The lowest BCUT2D eigenvalue weighted by Gasteiger charge is -2.05. The Labute approximate surface area is 126 Å². The third-order valence-corrected chi connectivity index (χ3v) is 4.82. The number of fused-ring (bicyclic) bond motifs is 1. The molecule has 4 heteroatoms. The number of thioether (sulfide) groups is 1. The third kappa shape index (κ3) is 2.43. The second kappa shape index (κ2) is 5.66. The van der Waals surface area contributed by atoms with E-state index in [0.29, 0.717) is 0 Å². The van der Waals surface area contributed by atoms with Crippen LogP contribution < -0.4 is 0 Å². The van der Waals surface area contributed by atoms with E-state index in [1.807, 2.05) is 36.6 Å². The Morgan fingerprint density at radius 3 is 2.60 bits per heavy atom. The summed E-state index contributed by atoms with van der Waals surface area (Å²) in [7, 11) is 0. The molecule has 0 aliphatic rings. The zero-order valence-electron chi connectivity index (χ0n) is 10.9. The summed E-state index contributed by atoms with van der Waals surface area (Å²) in [5.41, 5.74) is 1.87. The number of nitrogens with one attached hydrogen (secondary N) is 1. The first kappa shape index (κ1) is 13.2. The first-order valence-corrected chi connectivity index (χ1v) is 8.18. The Hall–Kier alpha value is -1.83. The standard InChI is InChI=1S/C16H12N2S2/c1-19-14-7-4-8-15(12(14)10-17)20-16-9-11-5-2-3-6-13(11)18-16/h2-9,18H,1H3. The molecule has 0 atom stereocenters. The highest BCUT2D eigenvalue weighted by Gasteiger charge is 2.10. The van der Waals surface area contributed by atoms with Gasteiger partial charge in [-0.1, -0.05) is 36.0 Å². The summed E-state index contributed by atoms with van der Waals surface area (Å²) in [6.45, 7) is 0. The molecule has 0 amide bonds. The summed E-state index contributed by atoms with van der Waals surface area (Å²) in [6, 6.07) is 18.6. The van der Waals surface area contributed by atoms with Crippen molar-refractivity contribution in [2.75, 3.05) is 6.26 Å². The van der Waals surface area contributed by atoms with Crippen molar-refractivity contribution in [2.24, 2.45) is 0 Å². The van der Waals surface area contributed by atoms with Gasteiger partial charge in [0.1, 0.15) is 6.07 Å². The summed E-state index contributed by atoms with van der Waals surface area (Å²) in [5, 5.41) is 11.6. The highest BCUT2D eigenvalue weighted by Crippen LogP contribution is 2.35. The summed E-state index contributed by atoms with van der Waals surface area (Å²) >= 11 is 3.21. The van der Waals surface area contributed by atoms with Gasteiger partial charge in [0.05, 0.1) is 10.6 Å². The zero-order valence-corrected chi connectivity index (χ0v) is 12.5. The van der Waals surface area contributed by atoms with Crippen LogP contribution in [0.3, 0.4) is 0 Å². The molecule has 2 nitrogen and oxygen atoms in total. The predicted octanol–water partition coefficient (Wildman–Crippen LogP) is 4.91. The molecule has 0 fully saturated rings. The van der Waals surface area contributed by atoms with E-state index in [4.69, 9.17) is 0 Å². The third-order valence-electron chi connectivity index (χ3n) is 3.04. The lowest BCUT2D eigenvalue weighted by Crippen LogP contribution is -1.85. The van der Waals surface area contributed by atoms with E-state index in [9.17, 15) is 5.26 Å². The fraction of sp³-hybridized carbons (Fsp3) is 0.0625. The van der Waals surface area contributed by atoms with E-state index in [-0.39, 0.29) is 0 Å². The summed E-state index contributed by atoms with van der Waals surface area (Å²) < 4.78 is 0. The van der Waals surface area contributed by atoms with Gasteiger partial charge < -0.3 is 4.98 Å². The van der Waals surface area contributed by atoms with Gasteiger partial charge in [0.15, 0.2) is 0 Å². The summed E-state index contributed by atoms with van der Waals surface area (Å²) in [6.07, 6.45) is 1.99. The van der Waals surface area contributed by atoms with Crippen molar-refractivity contribution in [1.82, 2.24) is 4.98 Å². The topological polar surface area (TPSA) is 39.6 Å². The number of H-pyrrole nitrogens is 1. The summed E-state index contributed by atoms with van der Waals surface area (Å²) in [5.74, 6) is 0. The number of rotatable bonds is 3. The molecule has 2 aromatic carbocycles. The normalized spacial score (nSPS) is 10.6. The van der Waals surface area contributed by atoms with E-state index in [1.54, 1.807) is 23.5 Å². The minimum atomic E-state index is 0.753. The molecule has 1 N–H and O–H groups in total. The highest BCUT2D eigenvalue weighted by atomic mass is 32.2. The van der Waals surface area contributed by atoms with Gasteiger partial charge in [0.2, 0.25) is 0 Å². The molecule has 0 aliphatic heterocycles. The van der Waals surface area contributed by atoms with Crippen LogP contribution in [0.2, 0.25) is 0 Å². The molecule has 20 heavy (non-hydrogen) atoms. The monoisotopic (exact) mass is 296 g/mol. The van der Waals surface area contributed by atoms with Crippen LogP contribution in [0.15, 0.2) is 63.3 Å². The minimum Gasteiger partial charge on any atom is -0.349 e.